The summed E-state index contributed by atoms with van der Waals surface area (Å²) in [5.74, 6) is 1.65. The van der Waals surface area contributed by atoms with E-state index in [2.05, 4.69) is 23.5 Å². The van der Waals surface area contributed by atoms with E-state index in [9.17, 15) is 0 Å². The zero-order chi connectivity index (χ0) is 12.7. The summed E-state index contributed by atoms with van der Waals surface area (Å²) in [7, 11) is 0. The van der Waals surface area contributed by atoms with Crippen molar-refractivity contribution < 1.29 is 0 Å². The van der Waals surface area contributed by atoms with Gasteiger partial charge < -0.3 is 5.32 Å². The van der Waals surface area contributed by atoms with Crippen LogP contribution in [0.3, 0.4) is 0 Å². The summed E-state index contributed by atoms with van der Waals surface area (Å²) in [6.45, 7) is 2.39. The molecule has 2 nitrogen and oxygen atoms in total. The monoisotopic (exact) mass is 272 g/mol. The van der Waals surface area contributed by atoms with E-state index in [1.807, 2.05) is 11.3 Å². The SMILES string of the molecule is c1cc2nc(C3CC3)sc2cc1CC1CCNCC1. The molecule has 3 heteroatoms. The van der Waals surface area contributed by atoms with Crippen LogP contribution in [0.2, 0.25) is 0 Å². The highest BCUT2D eigenvalue weighted by atomic mass is 32.1. The highest BCUT2D eigenvalue weighted by Crippen LogP contribution is 2.43. The van der Waals surface area contributed by atoms with E-state index in [-0.39, 0.29) is 0 Å². The van der Waals surface area contributed by atoms with Crippen LogP contribution in [0.15, 0.2) is 18.2 Å². The van der Waals surface area contributed by atoms with Crippen LogP contribution in [-0.2, 0) is 6.42 Å². The Morgan fingerprint density at radius 2 is 2.00 bits per heavy atom. The number of hydrogen-bond acceptors (Lipinski definition) is 3. The molecule has 19 heavy (non-hydrogen) atoms. The maximum Gasteiger partial charge on any atom is 0.0969 e. The second kappa shape index (κ2) is 4.88. The molecular weight excluding hydrogens is 252 g/mol. The van der Waals surface area contributed by atoms with Gasteiger partial charge in [0.05, 0.1) is 15.2 Å². The molecule has 1 N–H and O–H groups in total. The molecule has 0 atom stereocenters. The second-order valence-electron chi connectivity index (χ2n) is 6.03. The van der Waals surface area contributed by atoms with Crippen molar-refractivity contribution in [2.45, 2.75) is 38.0 Å². The fourth-order valence-corrected chi connectivity index (χ4v) is 4.24. The Kier molecular flexibility index (Phi) is 3.04. The molecular formula is C16H20N2S. The lowest BCUT2D eigenvalue weighted by atomic mass is 9.91. The normalized spacial score (nSPS) is 21.1. The highest BCUT2D eigenvalue weighted by molar-refractivity contribution is 7.18. The average molecular weight is 272 g/mol. The number of piperidine rings is 1. The maximum atomic E-state index is 4.77. The maximum absolute atomic E-state index is 4.77. The van der Waals surface area contributed by atoms with E-state index >= 15 is 0 Å². The molecule has 0 spiro atoms. The Morgan fingerprint density at radius 1 is 1.16 bits per heavy atom. The Labute approximate surface area is 118 Å². The lowest BCUT2D eigenvalue weighted by Gasteiger charge is -2.22. The molecule has 0 amide bonds. The van der Waals surface area contributed by atoms with Crippen molar-refractivity contribution in [1.82, 2.24) is 10.3 Å². The van der Waals surface area contributed by atoms with Crippen LogP contribution in [0.1, 0.15) is 42.2 Å². The summed E-state index contributed by atoms with van der Waals surface area (Å²) in [5.41, 5.74) is 2.71. The van der Waals surface area contributed by atoms with Gasteiger partial charge in [-0.25, -0.2) is 4.98 Å². The van der Waals surface area contributed by atoms with Gasteiger partial charge in [0.25, 0.3) is 0 Å². The van der Waals surface area contributed by atoms with Crippen LogP contribution in [0.4, 0.5) is 0 Å². The minimum absolute atomic E-state index is 0.783. The summed E-state index contributed by atoms with van der Waals surface area (Å²) in [6, 6.07) is 6.91. The summed E-state index contributed by atoms with van der Waals surface area (Å²) in [4.78, 5) is 4.77. The molecule has 2 aromatic rings. The number of fused-ring (bicyclic) bond motifs is 1. The Hall–Kier alpha value is -0.930. The lowest BCUT2D eigenvalue weighted by molar-refractivity contribution is 0.373. The first-order chi connectivity index (χ1) is 9.38. The van der Waals surface area contributed by atoms with Gasteiger partial charge >= 0.3 is 0 Å². The number of thiazole rings is 1. The van der Waals surface area contributed by atoms with Crippen molar-refractivity contribution in [3.8, 4) is 0 Å². The molecule has 1 aromatic carbocycles. The van der Waals surface area contributed by atoms with Crippen LogP contribution >= 0.6 is 11.3 Å². The van der Waals surface area contributed by atoms with Crippen molar-refractivity contribution in [3.05, 3.63) is 28.8 Å². The largest absolute Gasteiger partial charge is 0.317 e. The van der Waals surface area contributed by atoms with Gasteiger partial charge in [-0.05, 0) is 68.8 Å². The molecule has 0 radical (unpaired) electrons. The third kappa shape index (κ3) is 2.54. The third-order valence-corrected chi connectivity index (χ3v) is 5.56. The van der Waals surface area contributed by atoms with Crippen LogP contribution in [0.25, 0.3) is 10.2 Å². The van der Waals surface area contributed by atoms with Gasteiger partial charge in [-0.15, -0.1) is 11.3 Å². The first kappa shape index (κ1) is 11.9. The van der Waals surface area contributed by atoms with E-state index in [1.54, 1.807) is 0 Å². The first-order valence-corrected chi connectivity index (χ1v) is 8.30. The van der Waals surface area contributed by atoms with Crippen LogP contribution < -0.4 is 5.32 Å². The van der Waals surface area contributed by atoms with E-state index in [4.69, 9.17) is 4.98 Å². The molecule has 1 saturated heterocycles. The van der Waals surface area contributed by atoms with E-state index in [1.165, 1.54) is 66.0 Å². The van der Waals surface area contributed by atoms with Crippen molar-refractivity contribution in [2.75, 3.05) is 13.1 Å². The second-order valence-corrected chi connectivity index (χ2v) is 7.09. The standard InChI is InChI=1S/C16H20N2S/c1-4-14-15(19-16(18-14)13-2-3-13)10-12(1)9-11-5-7-17-8-6-11/h1,4,10-11,13,17H,2-3,5-9H2. The minimum atomic E-state index is 0.783. The molecule has 4 rings (SSSR count). The Bertz CT molecular complexity index is 579. The van der Waals surface area contributed by atoms with Crippen molar-refractivity contribution in [3.63, 3.8) is 0 Å². The van der Waals surface area contributed by atoms with Gasteiger partial charge in [0.2, 0.25) is 0 Å². The summed E-state index contributed by atoms with van der Waals surface area (Å²) in [6.07, 6.45) is 6.60. The molecule has 1 saturated carbocycles. The van der Waals surface area contributed by atoms with E-state index in [0.29, 0.717) is 0 Å². The number of nitrogens with one attached hydrogen (secondary N) is 1. The molecule has 100 valence electrons. The van der Waals surface area contributed by atoms with Gasteiger partial charge in [-0.2, -0.15) is 0 Å². The number of aromatic nitrogens is 1. The lowest BCUT2D eigenvalue weighted by Crippen LogP contribution is -2.28. The summed E-state index contributed by atoms with van der Waals surface area (Å²) in [5, 5.41) is 4.81. The Balaban J connectivity index is 1.56. The predicted molar refractivity (Wildman–Crippen MR) is 80.9 cm³/mol. The molecule has 2 aliphatic rings. The first-order valence-electron chi connectivity index (χ1n) is 7.48. The van der Waals surface area contributed by atoms with Crippen LogP contribution in [0.5, 0.6) is 0 Å². The molecule has 1 aromatic heterocycles. The molecule has 0 unspecified atom stereocenters. The quantitative estimate of drug-likeness (QED) is 0.921. The smallest absolute Gasteiger partial charge is 0.0969 e. The van der Waals surface area contributed by atoms with Gasteiger partial charge in [0, 0.05) is 5.92 Å². The fraction of sp³-hybridized carbons (Fsp3) is 0.562. The van der Waals surface area contributed by atoms with E-state index in [0.717, 1.165) is 11.8 Å². The average Bonchev–Trinajstić information content (AvgIpc) is 3.20. The molecule has 2 fully saturated rings. The fourth-order valence-electron chi connectivity index (χ4n) is 3.04. The topological polar surface area (TPSA) is 24.9 Å². The molecule has 0 bridgehead atoms. The zero-order valence-corrected chi connectivity index (χ0v) is 12.0. The minimum Gasteiger partial charge on any atom is -0.317 e. The van der Waals surface area contributed by atoms with Gasteiger partial charge in [-0.1, -0.05) is 6.07 Å². The van der Waals surface area contributed by atoms with Crippen LogP contribution in [-0.4, -0.2) is 18.1 Å². The number of rotatable bonds is 3. The highest BCUT2D eigenvalue weighted by Gasteiger charge is 2.27. The van der Waals surface area contributed by atoms with Crippen molar-refractivity contribution >= 4 is 21.6 Å². The summed E-state index contributed by atoms with van der Waals surface area (Å²) >= 11 is 1.92. The van der Waals surface area contributed by atoms with Gasteiger partial charge in [0.15, 0.2) is 0 Å². The zero-order valence-electron chi connectivity index (χ0n) is 11.2. The number of hydrogen-bond donors (Lipinski definition) is 1. The number of nitrogens with zero attached hydrogens (tertiary/aromatic N) is 1. The molecule has 2 heterocycles. The van der Waals surface area contributed by atoms with Gasteiger partial charge in [0.1, 0.15) is 0 Å². The third-order valence-electron chi connectivity index (χ3n) is 4.38. The Morgan fingerprint density at radius 3 is 2.79 bits per heavy atom. The van der Waals surface area contributed by atoms with E-state index < -0.39 is 0 Å². The van der Waals surface area contributed by atoms with Crippen molar-refractivity contribution in [2.24, 2.45) is 5.92 Å². The summed E-state index contributed by atoms with van der Waals surface area (Å²) < 4.78 is 1.40. The van der Waals surface area contributed by atoms with Crippen molar-refractivity contribution in [1.29, 1.82) is 0 Å². The molecule has 1 aliphatic heterocycles. The van der Waals surface area contributed by atoms with Gasteiger partial charge in [-0.3, -0.25) is 0 Å². The predicted octanol–water partition coefficient (Wildman–Crippen LogP) is 3.72. The molecule has 1 aliphatic carbocycles. The number of benzene rings is 1. The van der Waals surface area contributed by atoms with Crippen LogP contribution in [0, 0.1) is 5.92 Å².